The average molecular weight is 264 g/mol. The Hall–Kier alpha value is -2.55. The summed E-state index contributed by atoms with van der Waals surface area (Å²) in [5.41, 5.74) is 4.18. The Morgan fingerprint density at radius 1 is 1.05 bits per heavy atom. The predicted molar refractivity (Wildman–Crippen MR) is 77.0 cm³/mol. The zero-order valence-corrected chi connectivity index (χ0v) is 10.7. The van der Waals surface area contributed by atoms with Crippen molar-refractivity contribution in [3.63, 3.8) is 0 Å². The normalized spacial score (nSPS) is 13.0. The minimum atomic E-state index is -0.299. The minimum Gasteiger partial charge on any atom is -0.508 e. The molecule has 20 heavy (non-hydrogen) atoms. The van der Waals surface area contributed by atoms with Crippen LogP contribution in [0.5, 0.6) is 5.75 Å². The van der Waals surface area contributed by atoms with Gasteiger partial charge >= 0.3 is 5.63 Å². The van der Waals surface area contributed by atoms with Gasteiger partial charge in [0.25, 0.3) is 0 Å². The molecule has 2 aromatic carbocycles. The molecule has 0 aliphatic heterocycles. The van der Waals surface area contributed by atoms with E-state index >= 15 is 0 Å². The summed E-state index contributed by atoms with van der Waals surface area (Å²) < 4.78 is 5.34. The second kappa shape index (κ2) is 3.97. The Morgan fingerprint density at radius 2 is 1.90 bits per heavy atom. The summed E-state index contributed by atoms with van der Waals surface area (Å²) in [6.45, 7) is 0. The van der Waals surface area contributed by atoms with Crippen molar-refractivity contribution in [2.24, 2.45) is 0 Å². The Labute approximate surface area is 115 Å². The second-order valence-electron chi connectivity index (χ2n) is 5.08. The van der Waals surface area contributed by atoms with Crippen molar-refractivity contribution in [1.82, 2.24) is 0 Å². The molecule has 3 heteroatoms. The first-order valence-corrected chi connectivity index (χ1v) is 6.61. The Bertz CT molecular complexity index is 890. The van der Waals surface area contributed by atoms with Crippen molar-refractivity contribution in [1.29, 1.82) is 0 Å². The smallest absolute Gasteiger partial charge is 0.340 e. The quantitative estimate of drug-likeness (QED) is 0.634. The van der Waals surface area contributed by atoms with Crippen molar-refractivity contribution in [2.45, 2.75) is 12.8 Å². The number of rotatable bonds is 0. The fourth-order valence-corrected chi connectivity index (χ4v) is 3.00. The van der Waals surface area contributed by atoms with E-state index in [1.807, 2.05) is 24.3 Å². The van der Waals surface area contributed by atoms with Gasteiger partial charge in [-0.05, 0) is 36.1 Å². The van der Waals surface area contributed by atoms with Crippen molar-refractivity contribution in [2.75, 3.05) is 0 Å². The topological polar surface area (TPSA) is 50.4 Å². The van der Waals surface area contributed by atoms with Crippen LogP contribution in [0.15, 0.2) is 51.7 Å². The summed E-state index contributed by atoms with van der Waals surface area (Å²) in [6, 6.07) is 13.1. The van der Waals surface area contributed by atoms with Crippen molar-refractivity contribution in [3.05, 3.63) is 64.0 Å². The van der Waals surface area contributed by atoms with Crippen LogP contribution in [0, 0.1) is 0 Å². The number of hydrogen-bond donors (Lipinski definition) is 1. The number of hydrogen-bond acceptors (Lipinski definition) is 3. The van der Waals surface area contributed by atoms with Crippen LogP contribution in [-0.2, 0) is 12.8 Å². The molecule has 0 atom stereocenters. The lowest BCUT2D eigenvalue weighted by Gasteiger charge is -2.20. The zero-order chi connectivity index (χ0) is 13.7. The maximum atomic E-state index is 12.2. The first-order valence-electron chi connectivity index (χ1n) is 6.61. The van der Waals surface area contributed by atoms with E-state index in [-0.39, 0.29) is 11.4 Å². The summed E-state index contributed by atoms with van der Waals surface area (Å²) in [6.07, 6.45) is 1.56. The number of fused-ring (bicyclic) bond motifs is 5. The van der Waals surface area contributed by atoms with Gasteiger partial charge in [0.2, 0.25) is 0 Å². The molecular formula is C17H12O3. The van der Waals surface area contributed by atoms with E-state index in [2.05, 4.69) is 6.07 Å². The first-order chi connectivity index (χ1) is 9.74. The monoisotopic (exact) mass is 264 g/mol. The molecule has 0 amide bonds. The lowest BCUT2D eigenvalue weighted by Crippen LogP contribution is -2.15. The van der Waals surface area contributed by atoms with Crippen molar-refractivity contribution < 1.29 is 9.52 Å². The van der Waals surface area contributed by atoms with Gasteiger partial charge in [0.05, 0.1) is 0 Å². The lowest BCUT2D eigenvalue weighted by molar-refractivity contribution is 0.472. The minimum absolute atomic E-state index is 0.102. The van der Waals surface area contributed by atoms with E-state index in [0.717, 1.165) is 28.5 Å². The average Bonchev–Trinajstić information content (AvgIpc) is 2.46. The molecule has 0 spiro atoms. The third kappa shape index (κ3) is 1.50. The van der Waals surface area contributed by atoms with Gasteiger partial charge in [0, 0.05) is 22.6 Å². The van der Waals surface area contributed by atoms with Crippen LogP contribution in [0.25, 0.3) is 22.1 Å². The van der Waals surface area contributed by atoms with Gasteiger partial charge in [0.1, 0.15) is 11.3 Å². The molecule has 0 fully saturated rings. The molecule has 1 N–H and O–H groups in total. The number of phenols is 1. The highest BCUT2D eigenvalue weighted by Gasteiger charge is 2.22. The van der Waals surface area contributed by atoms with Gasteiger partial charge in [-0.3, -0.25) is 0 Å². The molecule has 98 valence electrons. The molecule has 0 saturated heterocycles. The number of phenolic OH excluding ortho intramolecular Hbond substituents is 1. The van der Waals surface area contributed by atoms with Crippen LogP contribution in [0.2, 0.25) is 0 Å². The maximum Gasteiger partial charge on any atom is 0.340 e. The highest BCUT2D eigenvalue weighted by molar-refractivity contribution is 5.97. The number of aryl methyl sites for hydroxylation is 1. The molecular weight excluding hydrogens is 252 g/mol. The molecule has 0 saturated carbocycles. The van der Waals surface area contributed by atoms with E-state index in [4.69, 9.17) is 4.42 Å². The van der Waals surface area contributed by atoms with Crippen LogP contribution in [-0.4, -0.2) is 5.11 Å². The second-order valence-corrected chi connectivity index (χ2v) is 5.08. The van der Waals surface area contributed by atoms with Crippen molar-refractivity contribution >= 4 is 11.0 Å². The summed E-state index contributed by atoms with van der Waals surface area (Å²) in [5, 5.41) is 10.4. The highest BCUT2D eigenvalue weighted by Crippen LogP contribution is 2.37. The predicted octanol–water partition coefficient (Wildman–Crippen LogP) is 3.26. The van der Waals surface area contributed by atoms with E-state index in [0.29, 0.717) is 12.0 Å². The Balaban J connectivity index is 2.19. The Morgan fingerprint density at radius 3 is 2.80 bits per heavy atom. The largest absolute Gasteiger partial charge is 0.508 e. The van der Waals surface area contributed by atoms with Crippen molar-refractivity contribution in [3.8, 4) is 16.9 Å². The zero-order valence-electron chi connectivity index (χ0n) is 10.7. The molecule has 1 aliphatic rings. The Kier molecular flexibility index (Phi) is 2.24. The van der Waals surface area contributed by atoms with Crippen LogP contribution in [0.4, 0.5) is 0 Å². The third-order valence-electron chi connectivity index (χ3n) is 3.92. The fraction of sp³-hybridized carbons (Fsp3) is 0.118. The molecule has 3 nitrogen and oxygen atoms in total. The SMILES string of the molecule is O=c1oc2cc(O)ccc2c2c1CCc1ccccc1-2. The standard InChI is InChI=1S/C17H12O3/c18-11-6-8-13-15(9-11)20-17(19)14-7-5-10-3-1-2-4-12(10)16(13)14/h1-4,6,8-9,18H,5,7H2. The molecule has 0 unspecified atom stereocenters. The summed E-state index contributed by atoms with van der Waals surface area (Å²) >= 11 is 0. The summed E-state index contributed by atoms with van der Waals surface area (Å²) in [7, 11) is 0. The fourth-order valence-electron chi connectivity index (χ4n) is 3.00. The number of aromatic hydroxyl groups is 1. The lowest BCUT2D eigenvalue weighted by atomic mass is 9.85. The van der Waals surface area contributed by atoms with Gasteiger partial charge in [-0.15, -0.1) is 0 Å². The molecule has 1 aromatic heterocycles. The highest BCUT2D eigenvalue weighted by atomic mass is 16.4. The van der Waals surface area contributed by atoms with Crippen LogP contribution < -0.4 is 5.63 Å². The molecule has 1 heterocycles. The molecule has 0 bridgehead atoms. The summed E-state index contributed by atoms with van der Waals surface area (Å²) in [5.74, 6) is 0.102. The summed E-state index contributed by atoms with van der Waals surface area (Å²) in [4.78, 5) is 12.2. The van der Waals surface area contributed by atoms with E-state index < -0.39 is 0 Å². The molecule has 0 radical (unpaired) electrons. The van der Waals surface area contributed by atoms with Gasteiger partial charge in [-0.25, -0.2) is 4.79 Å². The van der Waals surface area contributed by atoms with E-state index in [9.17, 15) is 9.90 Å². The number of benzene rings is 2. The van der Waals surface area contributed by atoms with Gasteiger partial charge in [-0.1, -0.05) is 24.3 Å². The first kappa shape index (κ1) is 11.3. The van der Waals surface area contributed by atoms with Gasteiger partial charge < -0.3 is 9.52 Å². The molecule has 1 aliphatic carbocycles. The van der Waals surface area contributed by atoms with E-state index in [1.165, 1.54) is 11.6 Å². The van der Waals surface area contributed by atoms with E-state index in [1.54, 1.807) is 6.07 Å². The van der Waals surface area contributed by atoms with Gasteiger partial charge in [0.15, 0.2) is 0 Å². The molecule has 4 rings (SSSR count). The third-order valence-corrected chi connectivity index (χ3v) is 3.92. The maximum absolute atomic E-state index is 12.2. The molecule has 3 aromatic rings. The van der Waals surface area contributed by atoms with Crippen LogP contribution in [0.1, 0.15) is 11.1 Å². The van der Waals surface area contributed by atoms with Gasteiger partial charge in [-0.2, -0.15) is 0 Å². The van der Waals surface area contributed by atoms with Crippen LogP contribution in [0.3, 0.4) is 0 Å². The van der Waals surface area contributed by atoms with Crippen LogP contribution >= 0.6 is 0 Å².